The Balaban J connectivity index is 1.45. The summed E-state index contributed by atoms with van der Waals surface area (Å²) in [5.74, 6) is -1.13. The maximum Gasteiger partial charge on any atom is 0.251 e. The number of piperidine rings is 1. The molecule has 3 aromatic heterocycles. The van der Waals surface area contributed by atoms with Crippen LogP contribution in [0.3, 0.4) is 0 Å². The predicted molar refractivity (Wildman–Crippen MR) is 107 cm³/mol. The molecule has 0 saturated carbocycles. The lowest BCUT2D eigenvalue weighted by Gasteiger charge is -2.36. The predicted octanol–water partition coefficient (Wildman–Crippen LogP) is 2.72. The van der Waals surface area contributed by atoms with E-state index >= 15 is 0 Å². The Morgan fingerprint density at radius 3 is 2.57 bits per heavy atom. The van der Waals surface area contributed by atoms with E-state index in [0.29, 0.717) is 24.6 Å². The molecule has 2 bridgehead atoms. The lowest BCUT2D eigenvalue weighted by atomic mass is 10.1. The van der Waals surface area contributed by atoms with Crippen LogP contribution in [0.5, 0.6) is 0 Å². The van der Waals surface area contributed by atoms with Gasteiger partial charge >= 0.3 is 0 Å². The molecule has 0 radical (unpaired) electrons. The van der Waals surface area contributed by atoms with Crippen LogP contribution < -0.4 is 9.80 Å². The number of alkyl halides is 2. The number of fused-ring (bicyclic) bond motifs is 3. The van der Waals surface area contributed by atoms with E-state index < -0.39 is 5.92 Å². The highest BCUT2D eigenvalue weighted by molar-refractivity contribution is 5.77. The van der Waals surface area contributed by atoms with Crippen molar-refractivity contribution in [2.24, 2.45) is 0 Å². The van der Waals surface area contributed by atoms with Crippen LogP contribution in [0, 0.1) is 0 Å². The zero-order valence-electron chi connectivity index (χ0n) is 16.5. The molecule has 158 valence electrons. The number of halogens is 2. The van der Waals surface area contributed by atoms with Crippen LogP contribution in [-0.4, -0.2) is 69.1 Å². The highest BCUT2D eigenvalue weighted by Crippen LogP contribution is 2.36. The first-order valence-electron chi connectivity index (χ1n) is 10.5. The molecule has 2 unspecified atom stereocenters. The van der Waals surface area contributed by atoms with Gasteiger partial charge in [0.05, 0.1) is 24.1 Å². The lowest BCUT2D eigenvalue weighted by molar-refractivity contribution is -0.0220. The van der Waals surface area contributed by atoms with Gasteiger partial charge in [-0.1, -0.05) is 0 Å². The molecule has 3 fully saturated rings. The summed E-state index contributed by atoms with van der Waals surface area (Å²) in [5, 5.41) is 12.0. The normalized spacial score (nSPS) is 25.9. The van der Waals surface area contributed by atoms with Gasteiger partial charge < -0.3 is 14.5 Å². The SMILES string of the molecule is FC1(F)CCN(c2cc(N3CC4CCC(C3)O4)nn3c(-c4cc[nH]n4)ncc23)CC1. The Morgan fingerprint density at radius 1 is 1.10 bits per heavy atom. The van der Waals surface area contributed by atoms with Gasteiger partial charge in [-0.05, 0) is 18.9 Å². The summed E-state index contributed by atoms with van der Waals surface area (Å²) >= 11 is 0. The van der Waals surface area contributed by atoms with Crippen LogP contribution in [0.4, 0.5) is 20.3 Å². The van der Waals surface area contributed by atoms with E-state index in [4.69, 9.17) is 9.84 Å². The topological polar surface area (TPSA) is 74.6 Å². The van der Waals surface area contributed by atoms with E-state index in [2.05, 4.69) is 20.1 Å². The summed E-state index contributed by atoms with van der Waals surface area (Å²) < 4.78 is 35.3. The molecule has 30 heavy (non-hydrogen) atoms. The minimum atomic E-state index is -2.59. The maximum absolute atomic E-state index is 13.8. The third-order valence-electron chi connectivity index (χ3n) is 6.40. The molecular formula is C20H23F2N7O. The number of aromatic nitrogens is 5. The molecule has 3 aliphatic rings. The van der Waals surface area contributed by atoms with Gasteiger partial charge in [0.1, 0.15) is 11.2 Å². The third-order valence-corrected chi connectivity index (χ3v) is 6.40. The van der Waals surface area contributed by atoms with Crippen LogP contribution in [0.2, 0.25) is 0 Å². The van der Waals surface area contributed by atoms with Crippen molar-refractivity contribution in [3.05, 3.63) is 24.5 Å². The fourth-order valence-electron chi connectivity index (χ4n) is 4.79. The van der Waals surface area contributed by atoms with Gasteiger partial charge in [0.15, 0.2) is 11.6 Å². The summed E-state index contributed by atoms with van der Waals surface area (Å²) in [7, 11) is 0. The summed E-state index contributed by atoms with van der Waals surface area (Å²) in [5.41, 5.74) is 2.39. The minimum Gasteiger partial charge on any atom is -0.371 e. The third kappa shape index (κ3) is 3.01. The average molecular weight is 415 g/mol. The standard InChI is InChI=1S/C20H23F2N7O/c21-20(22)4-7-27(8-5-20)16-9-18(28-11-13-1-2-14(12-28)30-13)26-29-17(16)10-23-19(29)15-3-6-24-25-15/h3,6,9-10,13-14H,1-2,4-5,7-8,11-12H2,(H,24,25). The van der Waals surface area contributed by atoms with E-state index in [1.165, 1.54) is 0 Å². The molecule has 0 aromatic carbocycles. The van der Waals surface area contributed by atoms with Crippen LogP contribution in [-0.2, 0) is 4.74 Å². The van der Waals surface area contributed by atoms with Gasteiger partial charge in [-0.2, -0.15) is 5.10 Å². The Morgan fingerprint density at radius 2 is 1.87 bits per heavy atom. The number of anilines is 2. The number of hydrogen-bond donors (Lipinski definition) is 1. The van der Waals surface area contributed by atoms with Crippen molar-refractivity contribution in [3.8, 4) is 11.5 Å². The zero-order chi connectivity index (χ0) is 20.3. The Hall–Kier alpha value is -2.75. The molecule has 3 aromatic rings. The molecule has 10 heteroatoms. The molecule has 2 atom stereocenters. The Kier molecular flexibility index (Phi) is 3.99. The van der Waals surface area contributed by atoms with Crippen molar-refractivity contribution in [1.82, 2.24) is 24.8 Å². The van der Waals surface area contributed by atoms with Crippen molar-refractivity contribution in [2.45, 2.75) is 43.8 Å². The number of nitrogens with one attached hydrogen (secondary N) is 1. The van der Waals surface area contributed by atoms with Crippen molar-refractivity contribution in [1.29, 1.82) is 0 Å². The Labute approximate surface area is 171 Å². The highest BCUT2D eigenvalue weighted by Gasteiger charge is 2.37. The molecule has 0 aliphatic carbocycles. The Bertz CT molecular complexity index is 1040. The summed E-state index contributed by atoms with van der Waals surface area (Å²) in [6, 6.07) is 3.87. The number of ether oxygens (including phenoxy) is 1. The summed E-state index contributed by atoms with van der Waals surface area (Å²) in [6.45, 7) is 2.20. The van der Waals surface area contributed by atoms with Gasteiger partial charge in [0, 0.05) is 51.3 Å². The molecule has 0 amide bonds. The second-order valence-corrected chi connectivity index (χ2v) is 8.43. The van der Waals surface area contributed by atoms with Gasteiger partial charge in [-0.15, -0.1) is 5.10 Å². The van der Waals surface area contributed by atoms with Crippen LogP contribution in [0.1, 0.15) is 25.7 Å². The largest absolute Gasteiger partial charge is 0.371 e. The second kappa shape index (κ2) is 6.63. The van der Waals surface area contributed by atoms with Crippen molar-refractivity contribution < 1.29 is 13.5 Å². The second-order valence-electron chi connectivity index (χ2n) is 8.43. The first-order valence-corrected chi connectivity index (χ1v) is 10.5. The quantitative estimate of drug-likeness (QED) is 0.709. The van der Waals surface area contributed by atoms with Crippen molar-refractivity contribution >= 4 is 17.0 Å². The minimum absolute atomic E-state index is 0.140. The molecule has 3 saturated heterocycles. The van der Waals surface area contributed by atoms with Crippen molar-refractivity contribution in [2.75, 3.05) is 36.0 Å². The summed E-state index contributed by atoms with van der Waals surface area (Å²) in [6.07, 6.45) is 5.82. The van der Waals surface area contributed by atoms with E-state index in [9.17, 15) is 8.78 Å². The van der Waals surface area contributed by atoms with Gasteiger partial charge in [-0.25, -0.2) is 18.3 Å². The van der Waals surface area contributed by atoms with E-state index in [-0.39, 0.29) is 25.0 Å². The first kappa shape index (κ1) is 18.1. The molecule has 1 N–H and O–H groups in total. The monoisotopic (exact) mass is 415 g/mol. The number of nitrogens with zero attached hydrogens (tertiary/aromatic N) is 6. The lowest BCUT2D eigenvalue weighted by Crippen LogP contribution is -2.43. The molecule has 3 aliphatic heterocycles. The summed E-state index contributed by atoms with van der Waals surface area (Å²) in [4.78, 5) is 8.83. The molecule has 6 heterocycles. The highest BCUT2D eigenvalue weighted by atomic mass is 19.3. The number of H-pyrrole nitrogens is 1. The molecule has 8 nitrogen and oxygen atoms in total. The molecule has 6 rings (SSSR count). The number of aromatic amines is 1. The van der Waals surface area contributed by atoms with E-state index in [1.54, 1.807) is 16.9 Å². The van der Waals surface area contributed by atoms with Gasteiger partial charge in [0.25, 0.3) is 5.92 Å². The number of imidazole rings is 1. The van der Waals surface area contributed by atoms with E-state index in [1.807, 2.05) is 17.0 Å². The van der Waals surface area contributed by atoms with Crippen molar-refractivity contribution in [3.63, 3.8) is 0 Å². The zero-order valence-corrected chi connectivity index (χ0v) is 16.5. The fraction of sp³-hybridized carbons (Fsp3) is 0.550. The number of morpholine rings is 1. The first-order chi connectivity index (χ1) is 14.6. The maximum atomic E-state index is 13.8. The average Bonchev–Trinajstić information content (AvgIpc) is 3.47. The van der Waals surface area contributed by atoms with Crippen LogP contribution >= 0.6 is 0 Å². The van der Waals surface area contributed by atoms with Crippen LogP contribution in [0.15, 0.2) is 24.5 Å². The number of hydrogen-bond acceptors (Lipinski definition) is 6. The van der Waals surface area contributed by atoms with Gasteiger partial charge in [-0.3, -0.25) is 5.10 Å². The van der Waals surface area contributed by atoms with Gasteiger partial charge in [0.2, 0.25) is 0 Å². The molecule has 0 spiro atoms. The van der Waals surface area contributed by atoms with Crippen LogP contribution in [0.25, 0.3) is 17.0 Å². The van der Waals surface area contributed by atoms with E-state index in [0.717, 1.165) is 43.0 Å². The smallest absolute Gasteiger partial charge is 0.251 e. The molecular weight excluding hydrogens is 392 g/mol. The fourth-order valence-corrected chi connectivity index (χ4v) is 4.79. The number of rotatable bonds is 3.